The SMILES string of the molecule is CC(C)c1csc(CCc2ccn3c(=O)c(C4(C(=O)O)CC4)c(N4CCOCC4)nc3c2)n1. The molecule has 1 N–H and O–H groups in total. The molecule has 33 heavy (non-hydrogen) atoms. The summed E-state index contributed by atoms with van der Waals surface area (Å²) < 4.78 is 6.96. The lowest BCUT2D eigenvalue weighted by atomic mass is 9.97. The summed E-state index contributed by atoms with van der Waals surface area (Å²) in [7, 11) is 0. The molecule has 4 heterocycles. The number of hydrogen-bond donors (Lipinski definition) is 1. The number of ether oxygens (including phenoxy) is 1. The molecular weight excluding hydrogens is 440 g/mol. The number of carbonyl (C=O) groups is 1. The molecule has 1 aliphatic heterocycles. The van der Waals surface area contributed by atoms with Gasteiger partial charge in [-0.15, -0.1) is 11.3 Å². The van der Waals surface area contributed by atoms with Crippen LogP contribution < -0.4 is 10.5 Å². The standard InChI is InChI=1S/C24H28N4O4S/c1-15(2)17-14-33-19(25-17)4-3-16-5-8-28-18(13-16)26-21(27-9-11-32-12-10-27)20(22(28)29)24(6-7-24)23(30)31/h5,8,13-15H,3-4,6-7,9-12H2,1-2H3,(H,30,31). The molecule has 5 rings (SSSR count). The van der Waals surface area contributed by atoms with Crippen molar-refractivity contribution in [2.45, 2.75) is 50.9 Å². The van der Waals surface area contributed by atoms with Crippen molar-refractivity contribution in [3.8, 4) is 0 Å². The number of aryl methyl sites for hydroxylation is 2. The summed E-state index contributed by atoms with van der Waals surface area (Å²) in [5, 5.41) is 13.1. The number of morpholine rings is 1. The van der Waals surface area contributed by atoms with Crippen LogP contribution in [0.25, 0.3) is 5.65 Å². The van der Waals surface area contributed by atoms with Gasteiger partial charge in [0.1, 0.15) is 16.9 Å². The van der Waals surface area contributed by atoms with Crippen LogP contribution in [0.5, 0.6) is 0 Å². The van der Waals surface area contributed by atoms with Gasteiger partial charge in [0.05, 0.1) is 29.5 Å². The van der Waals surface area contributed by atoms with E-state index in [0.29, 0.717) is 62.1 Å². The molecule has 1 saturated carbocycles. The van der Waals surface area contributed by atoms with Crippen molar-refractivity contribution in [1.82, 2.24) is 14.4 Å². The van der Waals surface area contributed by atoms with Crippen molar-refractivity contribution in [3.05, 3.63) is 55.9 Å². The van der Waals surface area contributed by atoms with E-state index in [0.717, 1.165) is 29.1 Å². The molecule has 3 aromatic heterocycles. The van der Waals surface area contributed by atoms with Crippen molar-refractivity contribution in [3.63, 3.8) is 0 Å². The smallest absolute Gasteiger partial charge is 0.314 e. The second-order valence-electron chi connectivity index (χ2n) is 9.19. The van der Waals surface area contributed by atoms with Gasteiger partial charge in [0, 0.05) is 31.1 Å². The minimum absolute atomic E-state index is 0.283. The third kappa shape index (κ3) is 4.04. The molecular formula is C24H28N4O4S. The number of rotatable bonds is 7. The lowest BCUT2D eigenvalue weighted by molar-refractivity contribution is -0.140. The van der Waals surface area contributed by atoms with Crippen LogP contribution in [-0.4, -0.2) is 51.7 Å². The first-order chi connectivity index (χ1) is 15.9. The molecule has 0 atom stereocenters. The second-order valence-corrected chi connectivity index (χ2v) is 10.1. The Morgan fingerprint density at radius 1 is 1.24 bits per heavy atom. The van der Waals surface area contributed by atoms with E-state index in [1.165, 1.54) is 4.40 Å². The Bertz CT molecular complexity index is 1260. The molecule has 0 radical (unpaired) electrons. The summed E-state index contributed by atoms with van der Waals surface area (Å²) in [5.41, 5.74) is 1.64. The molecule has 1 saturated heterocycles. The van der Waals surface area contributed by atoms with Gasteiger partial charge in [-0.2, -0.15) is 0 Å². The van der Waals surface area contributed by atoms with Gasteiger partial charge in [-0.05, 0) is 42.9 Å². The number of pyridine rings is 1. The van der Waals surface area contributed by atoms with Gasteiger partial charge in [0.2, 0.25) is 0 Å². The molecule has 0 spiro atoms. The summed E-state index contributed by atoms with van der Waals surface area (Å²) in [5.74, 6) is -0.0290. The van der Waals surface area contributed by atoms with Crippen LogP contribution in [0, 0.1) is 0 Å². The fourth-order valence-corrected chi connectivity index (χ4v) is 5.36. The van der Waals surface area contributed by atoms with E-state index in [1.807, 2.05) is 17.0 Å². The maximum atomic E-state index is 13.5. The van der Waals surface area contributed by atoms with E-state index in [-0.39, 0.29) is 5.56 Å². The van der Waals surface area contributed by atoms with E-state index in [1.54, 1.807) is 17.5 Å². The highest BCUT2D eigenvalue weighted by molar-refractivity contribution is 7.09. The summed E-state index contributed by atoms with van der Waals surface area (Å²) in [6.45, 7) is 6.53. The van der Waals surface area contributed by atoms with Gasteiger partial charge in [0.25, 0.3) is 5.56 Å². The van der Waals surface area contributed by atoms with Crippen molar-refractivity contribution in [2.24, 2.45) is 0 Å². The minimum atomic E-state index is -1.13. The highest BCUT2D eigenvalue weighted by Gasteiger charge is 2.56. The lowest BCUT2D eigenvalue weighted by Crippen LogP contribution is -2.41. The van der Waals surface area contributed by atoms with Crippen molar-refractivity contribution >= 4 is 28.8 Å². The lowest BCUT2D eigenvalue weighted by Gasteiger charge is -2.30. The van der Waals surface area contributed by atoms with Crippen molar-refractivity contribution < 1.29 is 14.6 Å². The molecule has 0 bridgehead atoms. The fourth-order valence-electron chi connectivity index (χ4n) is 4.40. The predicted octanol–water partition coefficient (Wildman–Crippen LogP) is 3.01. The number of hydrogen-bond acceptors (Lipinski definition) is 7. The Labute approximate surface area is 195 Å². The molecule has 2 fully saturated rings. The number of anilines is 1. The molecule has 9 heteroatoms. The topological polar surface area (TPSA) is 97.0 Å². The summed E-state index contributed by atoms with van der Waals surface area (Å²) in [6.07, 6.45) is 4.28. The number of aromatic nitrogens is 3. The van der Waals surface area contributed by atoms with Crippen LogP contribution in [0.2, 0.25) is 0 Å². The Morgan fingerprint density at radius 3 is 2.64 bits per heavy atom. The Morgan fingerprint density at radius 2 is 2.00 bits per heavy atom. The first-order valence-corrected chi connectivity index (χ1v) is 12.3. The highest BCUT2D eigenvalue weighted by atomic mass is 32.1. The second kappa shape index (κ2) is 8.53. The van der Waals surface area contributed by atoms with E-state index in [9.17, 15) is 14.7 Å². The molecule has 8 nitrogen and oxygen atoms in total. The van der Waals surface area contributed by atoms with Crippen LogP contribution in [-0.2, 0) is 27.8 Å². The molecule has 0 unspecified atom stereocenters. The Balaban J connectivity index is 1.52. The number of carboxylic acids is 1. The molecule has 174 valence electrons. The van der Waals surface area contributed by atoms with Crippen LogP contribution in [0.4, 0.5) is 5.82 Å². The summed E-state index contributed by atoms with van der Waals surface area (Å²) in [6, 6.07) is 3.86. The molecule has 2 aliphatic rings. The largest absolute Gasteiger partial charge is 0.481 e. The van der Waals surface area contributed by atoms with Gasteiger partial charge in [-0.1, -0.05) is 13.8 Å². The Kier molecular flexibility index (Phi) is 5.70. The van der Waals surface area contributed by atoms with E-state index < -0.39 is 11.4 Å². The molecule has 3 aromatic rings. The maximum absolute atomic E-state index is 13.5. The zero-order valence-corrected chi connectivity index (χ0v) is 19.7. The zero-order chi connectivity index (χ0) is 23.2. The van der Waals surface area contributed by atoms with Gasteiger partial charge in [-0.3, -0.25) is 14.0 Å². The quantitative estimate of drug-likeness (QED) is 0.569. The summed E-state index contributed by atoms with van der Waals surface area (Å²) >= 11 is 1.68. The third-order valence-corrected chi connectivity index (χ3v) is 7.54. The first kappa shape index (κ1) is 22.0. The number of aliphatic carboxylic acids is 1. The maximum Gasteiger partial charge on any atom is 0.314 e. The van der Waals surface area contributed by atoms with Gasteiger partial charge < -0.3 is 14.7 Å². The van der Waals surface area contributed by atoms with Crippen molar-refractivity contribution in [1.29, 1.82) is 0 Å². The minimum Gasteiger partial charge on any atom is -0.481 e. The Hall–Kier alpha value is -2.78. The number of thiazole rings is 1. The average Bonchev–Trinajstić information content (AvgIpc) is 3.47. The van der Waals surface area contributed by atoms with Crippen LogP contribution in [0.1, 0.15) is 54.4 Å². The fraction of sp³-hybridized carbons (Fsp3) is 0.500. The first-order valence-electron chi connectivity index (χ1n) is 11.5. The van der Waals surface area contributed by atoms with Crippen LogP contribution in [0.3, 0.4) is 0 Å². The van der Waals surface area contributed by atoms with Crippen molar-refractivity contribution in [2.75, 3.05) is 31.2 Å². The number of nitrogens with zero attached hydrogens (tertiary/aromatic N) is 4. The predicted molar refractivity (Wildman–Crippen MR) is 127 cm³/mol. The molecule has 0 amide bonds. The third-order valence-electron chi connectivity index (χ3n) is 6.61. The normalized spacial score (nSPS) is 17.6. The monoisotopic (exact) mass is 468 g/mol. The van der Waals surface area contributed by atoms with E-state index in [2.05, 4.69) is 19.2 Å². The average molecular weight is 469 g/mol. The van der Waals surface area contributed by atoms with E-state index in [4.69, 9.17) is 14.7 Å². The number of fused-ring (bicyclic) bond motifs is 1. The van der Waals surface area contributed by atoms with Gasteiger partial charge in [-0.25, -0.2) is 9.97 Å². The van der Waals surface area contributed by atoms with Gasteiger partial charge in [0.15, 0.2) is 0 Å². The van der Waals surface area contributed by atoms with E-state index >= 15 is 0 Å². The van der Waals surface area contributed by atoms with Crippen LogP contribution in [0.15, 0.2) is 28.5 Å². The summed E-state index contributed by atoms with van der Waals surface area (Å²) in [4.78, 5) is 37.2. The van der Waals surface area contributed by atoms with Crippen LogP contribution >= 0.6 is 11.3 Å². The van der Waals surface area contributed by atoms with Gasteiger partial charge >= 0.3 is 5.97 Å². The zero-order valence-electron chi connectivity index (χ0n) is 18.9. The highest BCUT2D eigenvalue weighted by Crippen LogP contribution is 2.49. The number of carboxylic acid groups (broad SMARTS) is 1. The molecule has 0 aromatic carbocycles. The molecule has 1 aliphatic carbocycles.